The number of benzene rings is 2. The lowest BCUT2D eigenvalue weighted by molar-refractivity contribution is -0.135. The molecule has 0 aliphatic carbocycles. The molecule has 0 fully saturated rings. The molecule has 0 unspecified atom stereocenters. The van der Waals surface area contributed by atoms with Crippen molar-refractivity contribution in [1.82, 2.24) is 4.57 Å². The minimum absolute atomic E-state index is 0.121. The highest BCUT2D eigenvalue weighted by Gasteiger charge is 2.18. The Morgan fingerprint density at radius 3 is 2.88 bits per heavy atom. The van der Waals surface area contributed by atoms with Gasteiger partial charge in [-0.05, 0) is 42.8 Å². The molecule has 1 aromatic heterocycles. The molecule has 2 aromatic carbocycles. The Hall–Kier alpha value is -2.58. The number of ether oxygens (including phenoxy) is 3. The summed E-state index contributed by atoms with van der Waals surface area (Å²) in [6, 6.07) is 10.7. The minimum Gasteiger partial charge on any atom is -0.467 e. The Bertz CT molecular complexity index is 1350. The van der Waals surface area contributed by atoms with Gasteiger partial charge in [-0.25, -0.2) is 4.79 Å². The summed E-state index contributed by atoms with van der Waals surface area (Å²) in [6.07, 6.45) is 3.07. The Balaban J connectivity index is 1.86. The number of aromatic nitrogens is 1. The SMILES string of the molecule is CCOC(=O)/C=c1\s/c(=C/c2cccc(Cl)c2)c(=O)n1Cc1cc(Cl)cc2c1OCOC2. The summed E-state index contributed by atoms with van der Waals surface area (Å²) < 4.78 is 18.5. The second-order valence-electron chi connectivity index (χ2n) is 6.96. The number of carbonyl (C=O) groups excluding carboxylic acids is 1. The molecule has 1 aliphatic rings. The number of hydrogen-bond acceptors (Lipinski definition) is 6. The van der Waals surface area contributed by atoms with E-state index in [1.165, 1.54) is 22.0 Å². The van der Waals surface area contributed by atoms with Crippen LogP contribution in [0.15, 0.2) is 41.2 Å². The van der Waals surface area contributed by atoms with Crippen molar-refractivity contribution in [3.8, 4) is 5.75 Å². The fraction of sp³-hybridized carbons (Fsp3) is 0.217. The van der Waals surface area contributed by atoms with Crippen molar-refractivity contribution in [3.05, 3.63) is 82.7 Å². The molecular formula is C23H19Cl2NO5S. The first-order chi connectivity index (χ1) is 15.4. The number of hydrogen-bond donors (Lipinski definition) is 0. The number of esters is 1. The molecule has 0 saturated carbocycles. The number of fused-ring (bicyclic) bond motifs is 1. The first kappa shape index (κ1) is 22.6. The lowest BCUT2D eigenvalue weighted by Gasteiger charge is -2.21. The van der Waals surface area contributed by atoms with Crippen molar-refractivity contribution in [2.75, 3.05) is 13.4 Å². The van der Waals surface area contributed by atoms with E-state index in [0.717, 1.165) is 16.7 Å². The summed E-state index contributed by atoms with van der Waals surface area (Å²) >= 11 is 13.6. The van der Waals surface area contributed by atoms with Crippen LogP contribution in [0.2, 0.25) is 10.0 Å². The normalized spacial score (nSPS) is 14.2. The van der Waals surface area contributed by atoms with Crippen LogP contribution in [-0.2, 0) is 27.4 Å². The molecule has 0 atom stereocenters. The molecule has 166 valence electrons. The summed E-state index contributed by atoms with van der Waals surface area (Å²) in [7, 11) is 0. The van der Waals surface area contributed by atoms with Crippen LogP contribution in [0.5, 0.6) is 5.75 Å². The molecule has 2 heterocycles. The quantitative estimate of drug-likeness (QED) is 0.512. The lowest BCUT2D eigenvalue weighted by atomic mass is 10.1. The summed E-state index contributed by atoms with van der Waals surface area (Å²) in [5, 5.41) is 1.08. The first-order valence-corrected chi connectivity index (χ1v) is 11.4. The van der Waals surface area contributed by atoms with Crippen LogP contribution in [0, 0.1) is 0 Å². The van der Waals surface area contributed by atoms with Crippen LogP contribution in [0.1, 0.15) is 23.6 Å². The molecule has 32 heavy (non-hydrogen) atoms. The Labute approximate surface area is 197 Å². The predicted octanol–water partition coefficient (Wildman–Crippen LogP) is 3.30. The molecule has 0 N–H and O–H groups in total. The number of carbonyl (C=O) groups is 1. The van der Waals surface area contributed by atoms with Crippen molar-refractivity contribution in [2.24, 2.45) is 0 Å². The van der Waals surface area contributed by atoms with E-state index >= 15 is 0 Å². The van der Waals surface area contributed by atoms with Gasteiger partial charge in [0.25, 0.3) is 5.56 Å². The van der Waals surface area contributed by atoms with Gasteiger partial charge >= 0.3 is 5.97 Å². The van der Waals surface area contributed by atoms with E-state index < -0.39 is 5.97 Å². The molecule has 9 heteroatoms. The number of nitrogens with zero attached hydrogens (tertiary/aromatic N) is 1. The van der Waals surface area contributed by atoms with Crippen molar-refractivity contribution in [2.45, 2.75) is 20.1 Å². The highest BCUT2D eigenvalue weighted by Crippen LogP contribution is 2.31. The van der Waals surface area contributed by atoms with Gasteiger partial charge in [-0.1, -0.05) is 35.3 Å². The molecule has 6 nitrogen and oxygen atoms in total. The van der Waals surface area contributed by atoms with Gasteiger partial charge in [0.15, 0.2) is 6.79 Å². The van der Waals surface area contributed by atoms with E-state index in [0.29, 0.717) is 31.6 Å². The van der Waals surface area contributed by atoms with Crippen LogP contribution in [0.4, 0.5) is 0 Å². The van der Waals surface area contributed by atoms with Crippen LogP contribution in [-0.4, -0.2) is 23.9 Å². The third-order valence-electron chi connectivity index (χ3n) is 4.69. The van der Waals surface area contributed by atoms with Crippen molar-refractivity contribution in [1.29, 1.82) is 0 Å². The zero-order chi connectivity index (χ0) is 22.7. The van der Waals surface area contributed by atoms with Crippen LogP contribution in [0.3, 0.4) is 0 Å². The molecule has 4 rings (SSSR count). The molecule has 0 saturated heterocycles. The molecular weight excluding hydrogens is 473 g/mol. The molecule has 0 radical (unpaired) electrons. The molecule has 3 aromatic rings. The van der Waals surface area contributed by atoms with Crippen LogP contribution >= 0.6 is 34.5 Å². The van der Waals surface area contributed by atoms with Crippen molar-refractivity contribution < 1.29 is 19.0 Å². The van der Waals surface area contributed by atoms with E-state index in [1.54, 1.807) is 37.3 Å². The van der Waals surface area contributed by atoms with E-state index in [4.69, 9.17) is 37.4 Å². The largest absolute Gasteiger partial charge is 0.467 e. The first-order valence-electron chi connectivity index (χ1n) is 9.82. The number of halogens is 2. The van der Waals surface area contributed by atoms with Gasteiger partial charge in [0.2, 0.25) is 0 Å². The highest BCUT2D eigenvalue weighted by atomic mass is 35.5. The summed E-state index contributed by atoms with van der Waals surface area (Å²) in [4.78, 5) is 25.5. The number of thiazole rings is 1. The second kappa shape index (κ2) is 9.92. The molecule has 1 aliphatic heterocycles. The molecule has 0 amide bonds. The van der Waals surface area contributed by atoms with Gasteiger partial charge in [-0.2, -0.15) is 0 Å². The number of rotatable bonds is 5. The maximum Gasteiger partial charge on any atom is 0.333 e. The maximum atomic E-state index is 13.3. The van der Waals surface area contributed by atoms with Gasteiger partial charge in [-0.15, -0.1) is 11.3 Å². The van der Waals surface area contributed by atoms with Crippen molar-refractivity contribution >= 4 is 52.7 Å². The van der Waals surface area contributed by atoms with Gasteiger partial charge in [0.05, 0.1) is 30.4 Å². The van der Waals surface area contributed by atoms with E-state index in [2.05, 4.69) is 0 Å². The zero-order valence-corrected chi connectivity index (χ0v) is 19.4. The Morgan fingerprint density at radius 1 is 1.25 bits per heavy atom. The fourth-order valence-corrected chi connectivity index (χ4v) is 4.86. The zero-order valence-electron chi connectivity index (χ0n) is 17.1. The summed E-state index contributed by atoms with van der Waals surface area (Å²) in [6.45, 7) is 2.63. The van der Waals surface area contributed by atoms with E-state index in [-0.39, 0.29) is 25.5 Å². The molecule has 0 bridgehead atoms. The predicted molar refractivity (Wildman–Crippen MR) is 125 cm³/mol. The topological polar surface area (TPSA) is 66.8 Å². The van der Waals surface area contributed by atoms with Crippen LogP contribution in [0.25, 0.3) is 12.2 Å². The van der Waals surface area contributed by atoms with Crippen LogP contribution < -0.4 is 19.5 Å². The highest BCUT2D eigenvalue weighted by molar-refractivity contribution is 7.07. The van der Waals surface area contributed by atoms with Crippen molar-refractivity contribution in [3.63, 3.8) is 0 Å². The summed E-state index contributed by atoms with van der Waals surface area (Å²) in [5.74, 6) is 0.121. The third kappa shape index (κ3) is 5.07. The minimum atomic E-state index is -0.519. The average molecular weight is 492 g/mol. The molecule has 0 spiro atoms. The van der Waals surface area contributed by atoms with Gasteiger partial charge < -0.3 is 14.2 Å². The lowest BCUT2D eigenvalue weighted by Crippen LogP contribution is -2.32. The standard InChI is InChI=1S/C23H19Cl2NO5S/c1-2-30-21(27)10-20-26(11-15-8-18(25)9-16-12-29-13-31-22(15)16)23(28)19(32-20)7-14-4-3-5-17(24)6-14/h3-10H,2,11-13H2,1H3/b19-7+,20-10-. The van der Waals surface area contributed by atoms with Gasteiger partial charge in [-0.3, -0.25) is 9.36 Å². The van der Waals surface area contributed by atoms with E-state index in [1.807, 2.05) is 12.1 Å². The van der Waals surface area contributed by atoms with E-state index in [9.17, 15) is 9.59 Å². The Kier molecular flexibility index (Phi) is 7.01. The summed E-state index contributed by atoms with van der Waals surface area (Å²) in [5.41, 5.74) is 2.07. The second-order valence-corrected chi connectivity index (χ2v) is 8.89. The van der Waals surface area contributed by atoms with Gasteiger partial charge in [0.1, 0.15) is 10.4 Å². The monoisotopic (exact) mass is 491 g/mol. The Morgan fingerprint density at radius 2 is 2.09 bits per heavy atom. The smallest absolute Gasteiger partial charge is 0.333 e. The fourth-order valence-electron chi connectivity index (χ4n) is 3.37. The average Bonchev–Trinajstić information content (AvgIpc) is 3.02. The maximum absolute atomic E-state index is 13.3. The third-order valence-corrected chi connectivity index (χ3v) is 6.20. The van der Waals surface area contributed by atoms with Gasteiger partial charge in [0, 0.05) is 21.2 Å².